The average Bonchev–Trinajstić information content (AvgIpc) is 3.46. The number of hydrogen-bond acceptors (Lipinski definition) is 5. The summed E-state index contributed by atoms with van der Waals surface area (Å²) < 4.78 is 23.2. The number of rotatable bonds is 6. The lowest BCUT2D eigenvalue weighted by Crippen LogP contribution is -2.39. The Hall–Kier alpha value is -3.98. The van der Waals surface area contributed by atoms with Gasteiger partial charge < -0.3 is 9.30 Å². The number of para-hydroxylation sites is 1. The molecule has 1 aliphatic heterocycles. The smallest absolute Gasteiger partial charge is 0.338 e. The van der Waals surface area contributed by atoms with Gasteiger partial charge in [0.1, 0.15) is 5.82 Å². The van der Waals surface area contributed by atoms with Crippen molar-refractivity contribution in [1.29, 1.82) is 0 Å². The van der Waals surface area contributed by atoms with E-state index in [0.29, 0.717) is 37.2 Å². The minimum absolute atomic E-state index is 0.168. The van der Waals surface area contributed by atoms with Crippen molar-refractivity contribution >= 4 is 57.5 Å². The first-order chi connectivity index (χ1) is 20.2. The van der Waals surface area contributed by atoms with Crippen LogP contribution >= 0.6 is 34.5 Å². The van der Waals surface area contributed by atoms with E-state index in [4.69, 9.17) is 27.9 Å². The molecule has 3 heterocycles. The fraction of sp³-hybridized carbons (Fsp3) is 0.156. The number of esters is 1. The predicted octanol–water partition coefficient (Wildman–Crippen LogP) is 6.25. The van der Waals surface area contributed by atoms with E-state index in [2.05, 4.69) is 9.56 Å². The fourth-order valence-corrected chi connectivity index (χ4v) is 6.75. The van der Waals surface area contributed by atoms with E-state index in [0.717, 1.165) is 22.0 Å². The number of halogens is 3. The van der Waals surface area contributed by atoms with Crippen molar-refractivity contribution in [3.8, 4) is 0 Å². The van der Waals surface area contributed by atoms with E-state index in [1.165, 1.54) is 28.0 Å². The van der Waals surface area contributed by atoms with Gasteiger partial charge in [-0.2, -0.15) is 0 Å². The maximum atomic E-state index is 14.0. The lowest BCUT2D eigenvalue weighted by Gasteiger charge is -2.24. The van der Waals surface area contributed by atoms with E-state index < -0.39 is 17.8 Å². The highest BCUT2D eigenvalue weighted by Gasteiger charge is 2.33. The summed E-state index contributed by atoms with van der Waals surface area (Å²) >= 11 is 13.8. The molecule has 0 saturated heterocycles. The van der Waals surface area contributed by atoms with Crippen molar-refractivity contribution in [2.75, 3.05) is 6.61 Å². The number of carbonyl (C=O) groups excluding carboxylic acids is 1. The summed E-state index contributed by atoms with van der Waals surface area (Å²) in [5, 5.41) is 2.10. The third kappa shape index (κ3) is 5.11. The zero-order chi connectivity index (χ0) is 29.5. The summed E-state index contributed by atoms with van der Waals surface area (Å²) in [5.74, 6) is -0.980. The van der Waals surface area contributed by atoms with Crippen molar-refractivity contribution < 1.29 is 13.9 Å². The molecule has 2 aromatic heterocycles. The molecule has 1 unspecified atom stereocenters. The van der Waals surface area contributed by atoms with Gasteiger partial charge in [-0.25, -0.2) is 14.2 Å². The Balaban J connectivity index is 1.51. The molecule has 1 atom stereocenters. The van der Waals surface area contributed by atoms with Gasteiger partial charge in [0.25, 0.3) is 5.56 Å². The number of hydrogen-bond donors (Lipinski definition) is 0. The molecule has 0 N–H and O–H groups in total. The molecule has 5 aromatic rings. The summed E-state index contributed by atoms with van der Waals surface area (Å²) in [6.07, 6.45) is 3.83. The molecule has 212 valence electrons. The molecule has 1 aliphatic rings. The van der Waals surface area contributed by atoms with Crippen LogP contribution in [0.5, 0.6) is 0 Å². The Kier molecular flexibility index (Phi) is 7.62. The first kappa shape index (κ1) is 28.2. The number of aromatic nitrogens is 2. The van der Waals surface area contributed by atoms with E-state index in [9.17, 15) is 14.0 Å². The van der Waals surface area contributed by atoms with Crippen molar-refractivity contribution in [3.05, 3.63) is 136 Å². The second kappa shape index (κ2) is 11.4. The Bertz CT molecular complexity index is 2080. The molecule has 0 aliphatic carbocycles. The zero-order valence-corrected chi connectivity index (χ0v) is 24.9. The summed E-state index contributed by atoms with van der Waals surface area (Å²) in [6.45, 7) is 4.11. The van der Waals surface area contributed by atoms with E-state index in [1.54, 1.807) is 38.1 Å². The lowest BCUT2D eigenvalue weighted by molar-refractivity contribution is -0.139. The maximum Gasteiger partial charge on any atom is 0.338 e. The van der Waals surface area contributed by atoms with Crippen molar-refractivity contribution in [1.82, 2.24) is 9.13 Å². The number of nitrogens with zero attached hydrogens (tertiary/aromatic N) is 3. The predicted molar refractivity (Wildman–Crippen MR) is 164 cm³/mol. The standard InChI is InChI=1S/C32H24Cl2FN3O3S/c1-3-41-31(40)28-18(2)36-32-38(29(28)19-9-12-23(35)13-10-19)30(39)27(42-32)14-21-17-37(26-7-5-4-6-24(21)26)16-20-8-11-22(33)15-25(20)34/h4-15,17,29H,3,16H2,1-2H3/b27-14+. The topological polar surface area (TPSA) is 65.6 Å². The molecule has 0 spiro atoms. The zero-order valence-electron chi connectivity index (χ0n) is 22.6. The molecule has 0 fully saturated rings. The SMILES string of the molecule is CCOC(=O)C1=C(C)N=c2s/c(=C/c3cn(Cc4ccc(Cl)cc4Cl)c4ccccc34)c(=O)n2C1c1ccc(F)cc1. The average molecular weight is 621 g/mol. The van der Waals surface area contributed by atoms with Crippen LogP contribution in [0, 0.1) is 5.82 Å². The molecule has 6 nitrogen and oxygen atoms in total. The van der Waals surface area contributed by atoms with Crippen LogP contribution in [0.1, 0.15) is 36.6 Å². The molecule has 42 heavy (non-hydrogen) atoms. The Labute approximate surface area is 254 Å². The third-order valence-corrected chi connectivity index (χ3v) is 8.73. The van der Waals surface area contributed by atoms with Crippen LogP contribution in [0.4, 0.5) is 4.39 Å². The quantitative estimate of drug-likeness (QED) is 0.211. The van der Waals surface area contributed by atoms with Crippen LogP contribution in [-0.2, 0) is 16.1 Å². The number of ether oxygens (including phenoxy) is 1. The van der Waals surface area contributed by atoms with Gasteiger partial charge in [-0.3, -0.25) is 9.36 Å². The maximum absolute atomic E-state index is 14.0. The number of benzene rings is 3. The fourth-order valence-electron chi connectivity index (χ4n) is 5.25. The molecular formula is C32H24Cl2FN3O3S. The first-order valence-corrected chi connectivity index (χ1v) is 14.8. The number of allylic oxidation sites excluding steroid dienone is 1. The van der Waals surface area contributed by atoms with Crippen molar-refractivity contribution in [2.45, 2.75) is 26.4 Å². The van der Waals surface area contributed by atoms with E-state index in [-0.39, 0.29) is 17.7 Å². The van der Waals surface area contributed by atoms with Gasteiger partial charge in [0.05, 0.1) is 28.5 Å². The molecule has 0 radical (unpaired) electrons. The molecule has 6 rings (SSSR count). The second-order valence-corrected chi connectivity index (χ2v) is 11.7. The normalized spacial score (nSPS) is 15.2. The molecular weight excluding hydrogens is 596 g/mol. The van der Waals surface area contributed by atoms with Gasteiger partial charge in [0.15, 0.2) is 4.80 Å². The summed E-state index contributed by atoms with van der Waals surface area (Å²) in [4.78, 5) is 32.1. The van der Waals surface area contributed by atoms with Gasteiger partial charge in [-0.05, 0) is 61.4 Å². The van der Waals surface area contributed by atoms with Crippen LogP contribution in [0.15, 0.2) is 94.0 Å². The number of fused-ring (bicyclic) bond motifs is 2. The van der Waals surface area contributed by atoms with Gasteiger partial charge in [0.2, 0.25) is 0 Å². The highest BCUT2D eigenvalue weighted by atomic mass is 35.5. The van der Waals surface area contributed by atoms with Gasteiger partial charge in [-0.1, -0.05) is 70.9 Å². The highest BCUT2D eigenvalue weighted by Crippen LogP contribution is 2.31. The van der Waals surface area contributed by atoms with Crippen LogP contribution < -0.4 is 14.9 Å². The molecule has 0 amide bonds. The molecule has 0 saturated carbocycles. The monoisotopic (exact) mass is 619 g/mol. The van der Waals surface area contributed by atoms with Crippen molar-refractivity contribution in [2.24, 2.45) is 4.99 Å². The lowest BCUT2D eigenvalue weighted by atomic mass is 9.96. The first-order valence-electron chi connectivity index (χ1n) is 13.2. The molecule has 10 heteroatoms. The van der Waals surface area contributed by atoms with Gasteiger partial charge >= 0.3 is 5.97 Å². The summed E-state index contributed by atoms with van der Waals surface area (Å²) in [6, 6.07) is 18.3. The van der Waals surface area contributed by atoms with Gasteiger partial charge in [-0.15, -0.1) is 0 Å². The Morgan fingerprint density at radius 3 is 2.62 bits per heavy atom. The van der Waals surface area contributed by atoms with Crippen LogP contribution in [0.2, 0.25) is 10.0 Å². The minimum Gasteiger partial charge on any atom is -0.463 e. The van der Waals surface area contributed by atoms with Crippen molar-refractivity contribution in [3.63, 3.8) is 0 Å². The Morgan fingerprint density at radius 1 is 1.12 bits per heavy atom. The van der Waals surface area contributed by atoms with Crippen LogP contribution in [0.3, 0.4) is 0 Å². The molecule has 0 bridgehead atoms. The highest BCUT2D eigenvalue weighted by molar-refractivity contribution is 7.07. The van der Waals surface area contributed by atoms with Crippen LogP contribution in [0.25, 0.3) is 17.0 Å². The second-order valence-electron chi connectivity index (χ2n) is 9.82. The van der Waals surface area contributed by atoms with Crippen LogP contribution in [-0.4, -0.2) is 21.7 Å². The third-order valence-electron chi connectivity index (χ3n) is 7.16. The Morgan fingerprint density at radius 2 is 1.88 bits per heavy atom. The largest absolute Gasteiger partial charge is 0.463 e. The molecule has 3 aromatic carbocycles. The minimum atomic E-state index is -0.809. The van der Waals surface area contributed by atoms with Gasteiger partial charge in [0, 0.05) is 39.3 Å². The number of carbonyl (C=O) groups is 1. The summed E-state index contributed by atoms with van der Waals surface area (Å²) in [7, 11) is 0. The number of thiazole rings is 1. The van der Waals surface area contributed by atoms with E-state index >= 15 is 0 Å². The summed E-state index contributed by atoms with van der Waals surface area (Å²) in [5.41, 5.74) is 3.71. The van der Waals surface area contributed by atoms with E-state index in [1.807, 2.05) is 42.6 Å².